The molecule has 2 nitrogen and oxygen atoms in total. The van der Waals surface area contributed by atoms with Gasteiger partial charge in [-0.05, 0) is 49.2 Å². The van der Waals surface area contributed by atoms with Crippen LogP contribution in [0.4, 0.5) is 0 Å². The van der Waals surface area contributed by atoms with Crippen LogP contribution in [0, 0.1) is 13.8 Å². The van der Waals surface area contributed by atoms with Crippen molar-refractivity contribution in [1.29, 1.82) is 0 Å². The largest absolute Gasteiger partial charge is 0.457 e. The first-order chi connectivity index (χ1) is 10.3. The molecule has 0 aromatic heterocycles. The SMILES string of the molecule is Cc1ccc(Oc2cccc(SC(C)(C)C)c2C=O)cc1C. The van der Waals surface area contributed by atoms with Gasteiger partial charge in [-0.2, -0.15) is 0 Å². The number of aryl methyl sites for hydroxylation is 2. The van der Waals surface area contributed by atoms with Crippen LogP contribution in [0.15, 0.2) is 41.3 Å². The Morgan fingerprint density at radius 3 is 2.36 bits per heavy atom. The zero-order chi connectivity index (χ0) is 16.3. The van der Waals surface area contributed by atoms with Crippen LogP contribution >= 0.6 is 11.8 Å². The summed E-state index contributed by atoms with van der Waals surface area (Å²) in [5, 5.41) is 0. The highest BCUT2D eigenvalue weighted by Crippen LogP contribution is 2.38. The van der Waals surface area contributed by atoms with Gasteiger partial charge in [0.05, 0.1) is 5.56 Å². The lowest BCUT2D eigenvalue weighted by molar-refractivity contribution is 0.111. The first-order valence-electron chi connectivity index (χ1n) is 7.32. The second kappa shape index (κ2) is 6.57. The van der Waals surface area contributed by atoms with Crippen molar-refractivity contribution in [3.05, 3.63) is 53.1 Å². The fourth-order valence-electron chi connectivity index (χ4n) is 2.05. The van der Waals surface area contributed by atoms with Gasteiger partial charge in [0.1, 0.15) is 11.5 Å². The maximum Gasteiger partial charge on any atom is 0.154 e. The lowest BCUT2D eigenvalue weighted by atomic mass is 10.1. The highest BCUT2D eigenvalue weighted by atomic mass is 32.2. The normalized spacial score (nSPS) is 11.3. The molecule has 2 aromatic rings. The summed E-state index contributed by atoms with van der Waals surface area (Å²) in [6.07, 6.45) is 0.879. The molecule has 0 fully saturated rings. The number of benzene rings is 2. The monoisotopic (exact) mass is 314 g/mol. The Hall–Kier alpha value is -1.74. The number of ether oxygens (including phenoxy) is 1. The van der Waals surface area contributed by atoms with Gasteiger partial charge in [-0.15, -0.1) is 11.8 Å². The van der Waals surface area contributed by atoms with Gasteiger partial charge in [0.2, 0.25) is 0 Å². The molecule has 0 aliphatic heterocycles. The highest BCUT2D eigenvalue weighted by molar-refractivity contribution is 8.00. The Labute approximate surface area is 136 Å². The van der Waals surface area contributed by atoms with Crippen molar-refractivity contribution in [1.82, 2.24) is 0 Å². The number of thioether (sulfide) groups is 1. The van der Waals surface area contributed by atoms with Crippen LogP contribution in [0.3, 0.4) is 0 Å². The van der Waals surface area contributed by atoms with Crippen LogP contribution in [0.1, 0.15) is 42.3 Å². The van der Waals surface area contributed by atoms with Crippen molar-refractivity contribution < 1.29 is 9.53 Å². The smallest absolute Gasteiger partial charge is 0.154 e. The molecule has 0 aliphatic carbocycles. The minimum Gasteiger partial charge on any atom is -0.457 e. The predicted molar refractivity (Wildman–Crippen MR) is 93.4 cm³/mol. The molecule has 0 unspecified atom stereocenters. The molecule has 116 valence electrons. The van der Waals surface area contributed by atoms with E-state index in [9.17, 15) is 4.79 Å². The van der Waals surface area contributed by atoms with E-state index in [2.05, 4.69) is 34.6 Å². The quantitative estimate of drug-likeness (QED) is 0.527. The van der Waals surface area contributed by atoms with E-state index in [1.54, 1.807) is 11.8 Å². The second-order valence-corrected chi connectivity index (χ2v) is 8.22. The van der Waals surface area contributed by atoms with Gasteiger partial charge < -0.3 is 4.74 Å². The van der Waals surface area contributed by atoms with E-state index in [1.165, 1.54) is 11.1 Å². The van der Waals surface area contributed by atoms with Crippen molar-refractivity contribution >= 4 is 18.0 Å². The van der Waals surface area contributed by atoms with Gasteiger partial charge in [-0.1, -0.05) is 32.9 Å². The third-order valence-electron chi connectivity index (χ3n) is 3.27. The molecule has 0 spiro atoms. The number of hydrogen-bond acceptors (Lipinski definition) is 3. The topological polar surface area (TPSA) is 26.3 Å². The Morgan fingerprint density at radius 1 is 1.05 bits per heavy atom. The zero-order valence-corrected chi connectivity index (χ0v) is 14.6. The van der Waals surface area contributed by atoms with Gasteiger partial charge in [-0.3, -0.25) is 4.79 Å². The molecule has 2 rings (SSSR count). The van der Waals surface area contributed by atoms with Gasteiger partial charge in [-0.25, -0.2) is 0 Å². The molecule has 22 heavy (non-hydrogen) atoms. The van der Waals surface area contributed by atoms with Crippen LogP contribution in [0.5, 0.6) is 11.5 Å². The average molecular weight is 314 g/mol. The lowest BCUT2D eigenvalue weighted by Gasteiger charge is -2.20. The molecule has 0 N–H and O–H groups in total. The molecule has 3 heteroatoms. The van der Waals surface area contributed by atoms with Crippen molar-refractivity contribution in [3.63, 3.8) is 0 Å². The molecule has 0 radical (unpaired) electrons. The molecule has 0 atom stereocenters. The summed E-state index contributed by atoms with van der Waals surface area (Å²) in [6, 6.07) is 11.7. The summed E-state index contributed by atoms with van der Waals surface area (Å²) in [6.45, 7) is 10.5. The maximum atomic E-state index is 11.6. The van der Waals surface area contributed by atoms with E-state index in [0.29, 0.717) is 11.3 Å². The molecule has 0 amide bonds. The predicted octanol–water partition coefficient (Wildman–Crippen LogP) is 5.80. The molecule has 0 heterocycles. The van der Waals surface area contributed by atoms with Gasteiger partial charge in [0.25, 0.3) is 0 Å². The summed E-state index contributed by atoms with van der Waals surface area (Å²) >= 11 is 1.67. The van der Waals surface area contributed by atoms with Crippen LogP contribution in [-0.4, -0.2) is 11.0 Å². The third-order valence-corrected chi connectivity index (χ3v) is 4.45. The number of carbonyl (C=O) groups excluding carboxylic acids is 1. The van der Waals surface area contributed by atoms with Crippen LogP contribution in [0.2, 0.25) is 0 Å². The van der Waals surface area contributed by atoms with Gasteiger partial charge in [0, 0.05) is 9.64 Å². The summed E-state index contributed by atoms with van der Waals surface area (Å²) in [7, 11) is 0. The average Bonchev–Trinajstić information content (AvgIpc) is 2.41. The molecular formula is C19H22O2S. The molecule has 0 saturated heterocycles. The highest BCUT2D eigenvalue weighted by Gasteiger charge is 2.17. The molecule has 0 bridgehead atoms. The summed E-state index contributed by atoms with van der Waals surface area (Å²) in [4.78, 5) is 12.5. The van der Waals surface area contributed by atoms with E-state index in [-0.39, 0.29) is 4.75 Å². The minimum absolute atomic E-state index is 0.0385. The summed E-state index contributed by atoms with van der Waals surface area (Å²) < 4.78 is 5.99. The molecule has 2 aromatic carbocycles. The number of hydrogen-bond donors (Lipinski definition) is 0. The lowest BCUT2D eigenvalue weighted by Crippen LogP contribution is -2.07. The summed E-state index contributed by atoms with van der Waals surface area (Å²) in [5.41, 5.74) is 3.01. The first kappa shape index (κ1) is 16.6. The van der Waals surface area contributed by atoms with E-state index >= 15 is 0 Å². The van der Waals surface area contributed by atoms with Crippen molar-refractivity contribution in [2.45, 2.75) is 44.3 Å². The molecule has 0 saturated carbocycles. The fourth-order valence-corrected chi connectivity index (χ4v) is 3.12. The van der Waals surface area contributed by atoms with Gasteiger partial charge >= 0.3 is 0 Å². The summed E-state index contributed by atoms with van der Waals surface area (Å²) in [5.74, 6) is 1.36. The zero-order valence-electron chi connectivity index (χ0n) is 13.8. The van der Waals surface area contributed by atoms with E-state index in [1.807, 2.05) is 36.4 Å². The fraction of sp³-hybridized carbons (Fsp3) is 0.316. The van der Waals surface area contributed by atoms with Crippen LogP contribution < -0.4 is 4.74 Å². The molecular weight excluding hydrogens is 292 g/mol. The first-order valence-corrected chi connectivity index (χ1v) is 8.14. The van der Waals surface area contributed by atoms with Crippen LogP contribution in [-0.2, 0) is 0 Å². The third kappa shape index (κ3) is 4.14. The number of carbonyl (C=O) groups is 1. The number of rotatable bonds is 4. The van der Waals surface area contributed by atoms with Crippen LogP contribution in [0.25, 0.3) is 0 Å². The van der Waals surface area contributed by atoms with E-state index in [0.717, 1.165) is 16.9 Å². The van der Waals surface area contributed by atoms with Crippen molar-refractivity contribution in [2.24, 2.45) is 0 Å². The maximum absolute atomic E-state index is 11.6. The Kier molecular flexibility index (Phi) is 4.97. The minimum atomic E-state index is 0.0385. The van der Waals surface area contributed by atoms with E-state index < -0.39 is 0 Å². The molecule has 0 aliphatic rings. The Morgan fingerprint density at radius 2 is 1.77 bits per heavy atom. The van der Waals surface area contributed by atoms with E-state index in [4.69, 9.17) is 4.74 Å². The van der Waals surface area contributed by atoms with Crippen molar-refractivity contribution in [2.75, 3.05) is 0 Å². The Balaban J connectivity index is 2.36. The second-order valence-electron chi connectivity index (χ2n) is 6.35. The standard InChI is InChI=1S/C19H22O2S/c1-13-9-10-15(11-14(13)2)21-17-7-6-8-18(16(17)12-20)22-19(3,4)5/h6-12H,1-5H3. The number of aldehydes is 1. The van der Waals surface area contributed by atoms with Crippen molar-refractivity contribution in [3.8, 4) is 11.5 Å². The van der Waals surface area contributed by atoms with Gasteiger partial charge in [0.15, 0.2) is 6.29 Å². The Bertz CT molecular complexity index is 684.